The summed E-state index contributed by atoms with van der Waals surface area (Å²) in [7, 11) is -1.03. The van der Waals surface area contributed by atoms with Crippen molar-refractivity contribution in [2.45, 2.75) is 14.7 Å². The fraction of sp³-hybridized carbons (Fsp3) is 0. The zero-order chi connectivity index (χ0) is 60.1. The number of pyridine rings is 2. The summed E-state index contributed by atoms with van der Waals surface area (Å²) >= 11 is 1.78. The van der Waals surface area contributed by atoms with Gasteiger partial charge in [0.05, 0.1) is 21.3 Å². The summed E-state index contributed by atoms with van der Waals surface area (Å²) in [5, 5.41) is 9.72. The molecule has 432 valence electrons. The number of aromatic nitrogens is 2. The molecule has 8 heterocycles. The SMILES string of the molecule is c1ccc2c(c1)oc1ccc(N(c3ccc(-c4ccc5sc6cccnc6c5c4)cc3)c3ccc4oc5c([SH]6c7ccncc7-c7cc(-c8ccc(N(c9ccc%10oc%11ccccc%11c%10c9)c9cccc%10oc%11ccccc%11c9%10)cc8)ccc76)cccc5c4c3)cc12. The predicted molar refractivity (Wildman–Crippen MR) is 380 cm³/mol. The lowest BCUT2D eigenvalue weighted by Gasteiger charge is -2.26. The highest BCUT2D eigenvalue weighted by Gasteiger charge is 2.31. The summed E-state index contributed by atoms with van der Waals surface area (Å²) in [4.78, 5) is 17.9. The third-order valence-electron chi connectivity index (χ3n) is 18.5. The molecule has 1 aliphatic heterocycles. The lowest BCUT2D eigenvalue weighted by atomic mass is 9.99. The highest BCUT2D eigenvalue weighted by atomic mass is 32.2. The third kappa shape index (κ3) is 7.84. The van der Waals surface area contributed by atoms with Crippen LogP contribution in [0.15, 0.2) is 318 Å². The van der Waals surface area contributed by atoms with Crippen molar-refractivity contribution in [1.82, 2.24) is 9.97 Å². The topological polar surface area (TPSA) is 84.8 Å². The van der Waals surface area contributed by atoms with E-state index < -0.39 is 10.9 Å². The number of thiol groups is 1. The average molecular weight is 1220 g/mol. The largest absolute Gasteiger partial charge is 0.456 e. The zero-order valence-electron chi connectivity index (χ0n) is 48.9. The maximum Gasteiger partial charge on any atom is 0.147 e. The molecule has 7 aromatic heterocycles. The van der Waals surface area contributed by atoms with E-state index in [1.807, 2.05) is 61.1 Å². The second-order valence-corrected chi connectivity index (χ2v) is 26.8. The molecule has 8 nitrogen and oxygen atoms in total. The van der Waals surface area contributed by atoms with E-state index in [2.05, 4.69) is 234 Å². The normalized spacial score (nSPS) is 13.5. The van der Waals surface area contributed by atoms with Crippen LogP contribution in [0.4, 0.5) is 34.1 Å². The molecule has 0 saturated carbocycles. The van der Waals surface area contributed by atoms with Crippen molar-refractivity contribution in [3.05, 3.63) is 286 Å². The van der Waals surface area contributed by atoms with Gasteiger partial charge in [-0.05, 0) is 186 Å². The molecule has 12 aromatic carbocycles. The minimum Gasteiger partial charge on any atom is -0.456 e. The van der Waals surface area contributed by atoms with Crippen molar-refractivity contribution < 1.29 is 17.7 Å². The van der Waals surface area contributed by atoms with Gasteiger partial charge in [0.25, 0.3) is 0 Å². The number of rotatable bonds is 9. The standard InChI is InChI=1S/C82H48N4O4S2/c1-4-15-68-57(10-1)61-44-54(31-34-71(61)87-68)85(52-27-21-48(22-28-52)50-25-37-75-65(43-50)81-76(91-75)19-9-40-84-81)55-32-36-73-63(45-55)59-13-7-20-79(82(59)90-73)92-77-38-26-51(42-64(77)66-47-83-41-39-78(66)92)49-23-29-53(30-24-49)86(56-33-35-72-62(46-56)58-11-2-5-16-69(58)88-72)67-14-8-18-74-80(67)60-12-3-6-17-70(60)89-74/h1-47,92H. The quantitative estimate of drug-likeness (QED) is 0.143. The molecule has 0 aliphatic carbocycles. The van der Waals surface area contributed by atoms with Gasteiger partial charge < -0.3 is 27.5 Å². The number of furan rings is 4. The lowest BCUT2D eigenvalue weighted by molar-refractivity contribution is 0.660. The van der Waals surface area contributed by atoms with Crippen LogP contribution in [0.5, 0.6) is 0 Å². The molecule has 1 aliphatic rings. The molecule has 1 unspecified atom stereocenters. The lowest BCUT2D eigenvalue weighted by Crippen LogP contribution is -2.10. The molecule has 0 fully saturated rings. The first-order valence-corrected chi connectivity index (χ1v) is 32.9. The van der Waals surface area contributed by atoms with Gasteiger partial charge in [0.1, 0.15) is 44.7 Å². The third-order valence-corrected chi connectivity index (χ3v) is 22.2. The second kappa shape index (κ2) is 19.9. The summed E-state index contributed by atoms with van der Waals surface area (Å²) in [5.74, 6) is 0. The van der Waals surface area contributed by atoms with Crippen LogP contribution in [0.1, 0.15) is 0 Å². The molecule has 92 heavy (non-hydrogen) atoms. The second-order valence-electron chi connectivity index (χ2n) is 23.6. The van der Waals surface area contributed by atoms with E-state index in [1.54, 1.807) is 11.3 Å². The molecule has 10 heteroatoms. The van der Waals surface area contributed by atoms with Crippen LogP contribution in [0.2, 0.25) is 0 Å². The minimum atomic E-state index is -1.03. The smallest absolute Gasteiger partial charge is 0.147 e. The number of para-hydroxylation sites is 4. The Kier molecular flexibility index (Phi) is 11.1. The highest BCUT2D eigenvalue weighted by Crippen LogP contribution is 2.64. The average Bonchev–Trinajstić information content (AvgIpc) is 1.57. The molecule has 19 aromatic rings. The summed E-state index contributed by atoms with van der Waals surface area (Å²) in [6.07, 6.45) is 5.85. The monoisotopic (exact) mass is 1220 g/mol. The fourth-order valence-corrected chi connectivity index (χ4v) is 18.0. The summed E-state index contributed by atoms with van der Waals surface area (Å²) in [6.45, 7) is 0. The zero-order valence-corrected chi connectivity index (χ0v) is 50.6. The van der Waals surface area contributed by atoms with E-state index in [1.165, 1.54) is 35.0 Å². The molecule has 0 radical (unpaired) electrons. The van der Waals surface area contributed by atoms with Crippen molar-refractivity contribution in [2.24, 2.45) is 0 Å². The molecular formula is C82H48N4O4S2. The first-order chi connectivity index (χ1) is 45.6. The van der Waals surface area contributed by atoms with Crippen molar-refractivity contribution >= 4 is 164 Å². The maximum atomic E-state index is 7.10. The van der Waals surface area contributed by atoms with Gasteiger partial charge in [-0.2, -0.15) is 10.9 Å². The van der Waals surface area contributed by atoms with E-state index in [0.29, 0.717) is 0 Å². The van der Waals surface area contributed by atoms with E-state index in [-0.39, 0.29) is 0 Å². The Morgan fingerprint density at radius 2 is 0.848 bits per heavy atom. The number of thiophene rings is 1. The van der Waals surface area contributed by atoms with Gasteiger partial charge in [0.2, 0.25) is 0 Å². The number of benzene rings is 12. The van der Waals surface area contributed by atoms with Gasteiger partial charge in [-0.15, -0.1) is 11.3 Å². The van der Waals surface area contributed by atoms with Crippen LogP contribution in [-0.4, -0.2) is 9.97 Å². The highest BCUT2D eigenvalue weighted by molar-refractivity contribution is 8.17. The number of hydrogen-bond acceptors (Lipinski definition) is 9. The van der Waals surface area contributed by atoms with Crippen LogP contribution in [0.25, 0.3) is 141 Å². The minimum absolute atomic E-state index is 0.834. The van der Waals surface area contributed by atoms with Crippen molar-refractivity contribution in [3.8, 4) is 33.4 Å². The van der Waals surface area contributed by atoms with Crippen molar-refractivity contribution in [3.63, 3.8) is 0 Å². The number of fused-ring (bicyclic) bond motifs is 18. The van der Waals surface area contributed by atoms with Gasteiger partial charge in [-0.1, -0.05) is 109 Å². The number of anilines is 6. The Balaban J connectivity index is 0.672. The predicted octanol–water partition coefficient (Wildman–Crippen LogP) is 24.2. The molecule has 1 atom stereocenters. The Bertz CT molecular complexity index is 6250. The van der Waals surface area contributed by atoms with Gasteiger partial charge in [-0.3, -0.25) is 9.97 Å². The van der Waals surface area contributed by atoms with Crippen LogP contribution in [0.3, 0.4) is 0 Å². The van der Waals surface area contributed by atoms with Gasteiger partial charge in [0, 0.05) is 115 Å². The summed E-state index contributed by atoms with van der Waals surface area (Å²) in [5.41, 5.74) is 20.9. The maximum absolute atomic E-state index is 7.10. The molecule has 0 N–H and O–H groups in total. The number of hydrogen-bond donors (Lipinski definition) is 1. The van der Waals surface area contributed by atoms with Gasteiger partial charge >= 0.3 is 0 Å². The van der Waals surface area contributed by atoms with Crippen LogP contribution < -0.4 is 9.80 Å². The Morgan fingerprint density at radius 1 is 0.315 bits per heavy atom. The number of nitrogens with zero attached hydrogens (tertiary/aromatic N) is 4. The van der Waals surface area contributed by atoms with Gasteiger partial charge in [-0.25, -0.2) is 0 Å². The van der Waals surface area contributed by atoms with Gasteiger partial charge in [0.15, 0.2) is 0 Å². The Hall–Kier alpha value is -11.7. The van der Waals surface area contributed by atoms with E-state index in [4.69, 9.17) is 27.6 Å². The Labute approximate surface area is 532 Å². The van der Waals surface area contributed by atoms with Crippen molar-refractivity contribution in [2.75, 3.05) is 9.80 Å². The summed E-state index contributed by atoms with van der Waals surface area (Å²) in [6, 6.07) is 95.4. The first kappa shape index (κ1) is 51.2. The Morgan fingerprint density at radius 3 is 1.57 bits per heavy atom. The summed E-state index contributed by atoms with van der Waals surface area (Å²) < 4.78 is 28.7. The molecule has 0 bridgehead atoms. The molecule has 20 rings (SSSR count). The van der Waals surface area contributed by atoms with Crippen LogP contribution in [-0.2, 0) is 0 Å². The molecule has 0 amide bonds. The van der Waals surface area contributed by atoms with Crippen molar-refractivity contribution in [1.29, 1.82) is 0 Å². The molecular weight excluding hydrogens is 1170 g/mol. The van der Waals surface area contributed by atoms with Crippen LogP contribution >= 0.6 is 22.2 Å². The van der Waals surface area contributed by atoms with E-state index >= 15 is 0 Å². The van der Waals surface area contributed by atoms with E-state index in [0.717, 1.165) is 155 Å². The van der Waals surface area contributed by atoms with E-state index in [9.17, 15) is 0 Å². The van der Waals surface area contributed by atoms with Crippen LogP contribution in [0, 0.1) is 0 Å². The first-order valence-electron chi connectivity index (χ1n) is 30.7. The fourth-order valence-electron chi connectivity index (χ4n) is 14.3. The molecule has 0 saturated heterocycles. The molecule has 0 spiro atoms.